The van der Waals surface area contributed by atoms with Crippen LogP contribution >= 0.6 is 0 Å². The molecule has 3 nitrogen and oxygen atoms in total. The maximum atomic E-state index is 6.10. The highest BCUT2D eigenvalue weighted by Crippen LogP contribution is 2.26. The number of hydrogen-bond donors (Lipinski definition) is 2. The molecule has 0 aliphatic carbocycles. The van der Waals surface area contributed by atoms with Crippen molar-refractivity contribution in [3.05, 3.63) is 34.4 Å². The minimum atomic E-state index is 0.202. The maximum absolute atomic E-state index is 6.10. The Morgan fingerprint density at radius 2 is 1.67 bits per heavy atom. The van der Waals surface area contributed by atoms with Crippen molar-refractivity contribution in [2.45, 2.75) is 72.0 Å². The molecule has 0 bridgehead atoms. The first-order valence-electron chi connectivity index (χ1n) is 8.26. The molecule has 1 aliphatic heterocycles. The van der Waals surface area contributed by atoms with Gasteiger partial charge in [-0.15, -0.1) is 0 Å². The zero-order valence-corrected chi connectivity index (χ0v) is 14.2. The van der Waals surface area contributed by atoms with E-state index in [4.69, 9.17) is 5.73 Å². The molecule has 1 aliphatic rings. The second-order valence-electron chi connectivity index (χ2n) is 6.77. The van der Waals surface area contributed by atoms with Crippen molar-refractivity contribution in [3.8, 4) is 0 Å². The largest absolute Gasteiger partial charge is 0.329 e. The van der Waals surface area contributed by atoms with Crippen molar-refractivity contribution in [1.29, 1.82) is 0 Å². The number of hydrazine groups is 1. The number of rotatable bonds is 4. The van der Waals surface area contributed by atoms with Crippen LogP contribution in [0.1, 0.15) is 61.4 Å². The van der Waals surface area contributed by atoms with E-state index in [1.165, 1.54) is 41.5 Å². The van der Waals surface area contributed by atoms with Gasteiger partial charge in [-0.05, 0) is 64.2 Å². The molecule has 1 aromatic carbocycles. The lowest BCUT2D eigenvalue weighted by atomic mass is 9.94. The maximum Gasteiger partial charge on any atom is 0.0592 e. The predicted molar refractivity (Wildman–Crippen MR) is 90.2 cm³/mol. The topological polar surface area (TPSA) is 41.3 Å². The fourth-order valence-corrected chi connectivity index (χ4v) is 3.83. The summed E-state index contributed by atoms with van der Waals surface area (Å²) in [7, 11) is 0. The Kier molecular flexibility index (Phi) is 5.42. The van der Waals surface area contributed by atoms with Crippen LogP contribution in [0.2, 0.25) is 0 Å². The van der Waals surface area contributed by atoms with Gasteiger partial charge in [0.15, 0.2) is 0 Å². The minimum Gasteiger partial charge on any atom is -0.329 e. The van der Waals surface area contributed by atoms with E-state index in [0.29, 0.717) is 18.6 Å². The van der Waals surface area contributed by atoms with Gasteiger partial charge in [-0.2, -0.15) is 0 Å². The van der Waals surface area contributed by atoms with Crippen LogP contribution in [0.25, 0.3) is 0 Å². The number of aryl methyl sites for hydroxylation is 3. The number of hydrogen-bond acceptors (Lipinski definition) is 3. The molecule has 118 valence electrons. The van der Waals surface area contributed by atoms with Gasteiger partial charge in [-0.3, -0.25) is 0 Å². The summed E-state index contributed by atoms with van der Waals surface area (Å²) >= 11 is 0. The van der Waals surface area contributed by atoms with Crippen molar-refractivity contribution >= 4 is 0 Å². The molecule has 1 heterocycles. The Hall–Kier alpha value is -0.900. The average molecular weight is 289 g/mol. The Morgan fingerprint density at radius 1 is 1.14 bits per heavy atom. The average Bonchev–Trinajstić information content (AvgIpc) is 2.39. The van der Waals surface area contributed by atoms with Crippen LogP contribution in [0.5, 0.6) is 0 Å². The number of benzene rings is 1. The van der Waals surface area contributed by atoms with Gasteiger partial charge in [-0.25, -0.2) is 10.4 Å². The molecule has 3 heteroatoms. The van der Waals surface area contributed by atoms with Gasteiger partial charge < -0.3 is 5.73 Å². The summed E-state index contributed by atoms with van der Waals surface area (Å²) in [6, 6.07) is 5.88. The number of piperidine rings is 1. The number of nitrogens with two attached hydrogens (primary N) is 1. The standard InChI is InChI=1S/C18H31N3/c1-12-9-13(2)18(14(3)10-12)17(11-19)20-21-15(4)7-6-8-16(21)5/h9-10,15-17,20H,6-8,11,19H2,1-5H3. The first kappa shape index (κ1) is 16.5. The lowest BCUT2D eigenvalue weighted by Gasteiger charge is -2.41. The van der Waals surface area contributed by atoms with E-state index in [1.807, 2.05) is 0 Å². The zero-order chi connectivity index (χ0) is 15.6. The van der Waals surface area contributed by atoms with Crippen molar-refractivity contribution < 1.29 is 0 Å². The molecule has 0 amide bonds. The van der Waals surface area contributed by atoms with Crippen molar-refractivity contribution in [1.82, 2.24) is 10.4 Å². The second-order valence-corrected chi connectivity index (χ2v) is 6.77. The van der Waals surface area contributed by atoms with Gasteiger partial charge in [-0.1, -0.05) is 24.1 Å². The van der Waals surface area contributed by atoms with Crippen LogP contribution in [0.15, 0.2) is 12.1 Å². The van der Waals surface area contributed by atoms with Crippen molar-refractivity contribution in [2.75, 3.05) is 6.54 Å². The van der Waals surface area contributed by atoms with E-state index >= 15 is 0 Å². The molecule has 1 aromatic rings. The third kappa shape index (κ3) is 3.65. The molecule has 21 heavy (non-hydrogen) atoms. The van der Waals surface area contributed by atoms with E-state index in [-0.39, 0.29) is 6.04 Å². The van der Waals surface area contributed by atoms with E-state index < -0.39 is 0 Å². The van der Waals surface area contributed by atoms with Gasteiger partial charge in [0, 0.05) is 18.6 Å². The summed E-state index contributed by atoms with van der Waals surface area (Å²) < 4.78 is 0. The number of nitrogens with one attached hydrogen (secondary N) is 1. The number of nitrogens with zero attached hydrogens (tertiary/aromatic N) is 1. The summed E-state index contributed by atoms with van der Waals surface area (Å²) in [5.74, 6) is 0. The lowest BCUT2D eigenvalue weighted by Crippen LogP contribution is -2.54. The minimum absolute atomic E-state index is 0.202. The molecule has 1 fully saturated rings. The van der Waals surface area contributed by atoms with Gasteiger partial charge in [0.2, 0.25) is 0 Å². The normalized spacial score (nSPS) is 25.0. The van der Waals surface area contributed by atoms with E-state index in [1.54, 1.807) is 0 Å². The quantitative estimate of drug-likeness (QED) is 0.893. The highest BCUT2D eigenvalue weighted by atomic mass is 15.5. The van der Waals surface area contributed by atoms with Crippen LogP contribution in [0.3, 0.4) is 0 Å². The van der Waals surface area contributed by atoms with Crippen LogP contribution in [-0.4, -0.2) is 23.6 Å². The molecule has 0 radical (unpaired) electrons. The Bertz CT molecular complexity index is 450. The molecule has 3 N–H and O–H groups in total. The Morgan fingerprint density at radius 3 is 2.14 bits per heavy atom. The first-order valence-corrected chi connectivity index (χ1v) is 8.26. The van der Waals surface area contributed by atoms with Crippen LogP contribution < -0.4 is 11.2 Å². The van der Waals surface area contributed by atoms with E-state index in [0.717, 1.165) is 0 Å². The molecule has 0 aromatic heterocycles. The third-order valence-corrected chi connectivity index (χ3v) is 4.82. The smallest absolute Gasteiger partial charge is 0.0592 e. The van der Waals surface area contributed by atoms with Crippen LogP contribution in [0, 0.1) is 20.8 Å². The summed E-state index contributed by atoms with van der Waals surface area (Å²) in [6.45, 7) is 11.8. The fraction of sp³-hybridized carbons (Fsp3) is 0.667. The van der Waals surface area contributed by atoms with Crippen LogP contribution in [-0.2, 0) is 0 Å². The van der Waals surface area contributed by atoms with Crippen LogP contribution in [0.4, 0.5) is 0 Å². The fourth-order valence-electron chi connectivity index (χ4n) is 3.83. The first-order chi connectivity index (χ1) is 9.93. The third-order valence-electron chi connectivity index (χ3n) is 4.82. The molecule has 0 spiro atoms. The monoisotopic (exact) mass is 289 g/mol. The Labute approximate surface area is 129 Å². The van der Waals surface area contributed by atoms with Gasteiger partial charge >= 0.3 is 0 Å². The van der Waals surface area contributed by atoms with Gasteiger partial charge in [0.25, 0.3) is 0 Å². The molecule has 1 saturated heterocycles. The zero-order valence-electron chi connectivity index (χ0n) is 14.2. The van der Waals surface area contributed by atoms with Crippen molar-refractivity contribution in [2.24, 2.45) is 5.73 Å². The molecule has 3 unspecified atom stereocenters. The second kappa shape index (κ2) is 6.91. The molecular formula is C18H31N3. The molecule has 2 rings (SSSR count). The highest BCUT2D eigenvalue weighted by Gasteiger charge is 2.27. The van der Waals surface area contributed by atoms with Gasteiger partial charge in [0.05, 0.1) is 6.04 Å². The molecular weight excluding hydrogens is 258 g/mol. The summed E-state index contributed by atoms with van der Waals surface area (Å²) in [4.78, 5) is 0. The molecule has 3 atom stereocenters. The van der Waals surface area contributed by atoms with Gasteiger partial charge in [0.1, 0.15) is 0 Å². The van der Waals surface area contributed by atoms with Crippen molar-refractivity contribution in [3.63, 3.8) is 0 Å². The SMILES string of the molecule is Cc1cc(C)c(C(CN)NN2C(C)CCCC2C)c(C)c1. The predicted octanol–water partition coefficient (Wildman–Crippen LogP) is 3.38. The lowest BCUT2D eigenvalue weighted by molar-refractivity contribution is 0.0302. The summed E-state index contributed by atoms with van der Waals surface area (Å²) in [5.41, 5.74) is 15.2. The molecule has 0 saturated carbocycles. The highest BCUT2D eigenvalue weighted by molar-refractivity contribution is 5.39. The van der Waals surface area contributed by atoms with E-state index in [2.05, 4.69) is 57.2 Å². The van der Waals surface area contributed by atoms with E-state index in [9.17, 15) is 0 Å². The Balaban J connectivity index is 2.24. The summed E-state index contributed by atoms with van der Waals surface area (Å²) in [6.07, 6.45) is 3.86. The summed E-state index contributed by atoms with van der Waals surface area (Å²) in [5, 5.41) is 2.43.